The Morgan fingerprint density at radius 3 is 2.64 bits per heavy atom. The number of nitrogens with one attached hydrogen (secondary N) is 1. The second kappa shape index (κ2) is 8.13. The Labute approximate surface area is 153 Å². The van der Waals surface area contributed by atoms with Crippen molar-refractivity contribution in [2.24, 2.45) is 0 Å². The highest BCUT2D eigenvalue weighted by Crippen LogP contribution is 2.35. The van der Waals surface area contributed by atoms with Crippen molar-refractivity contribution in [1.29, 1.82) is 0 Å². The molecule has 3 nitrogen and oxygen atoms in total. The normalized spacial score (nSPS) is 10.7. The monoisotopic (exact) mass is 355 g/mol. The first-order chi connectivity index (χ1) is 12.2. The summed E-state index contributed by atoms with van der Waals surface area (Å²) >= 11 is 6.25. The summed E-state index contributed by atoms with van der Waals surface area (Å²) in [5.41, 5.74) is 2.06. The van der Waals surface area contributed by atoms with Gasteiger partial charge in [0.25, 0.3) is 0 Å². The molecule has 130 valence electrons. The molecule has 3 aromatic rings. The zero-order chi connectivity index (χ0) is 17.6. The van der Waals surface area contributed by atoms with Crippen LogP contribution >= 0.6 is 11.6 Å². The van der Waals surface area contributed by atoms with Crippen LogP contribution in [-0.2, 0) is 6.54 Å². The molecule has 0 radical (unpaired) electrons. The predicted molar refractivity (Wildman–Crippen MR) is 105 cm³/mol. The van der Waals surface area contributed by atoms with Gasteiger partial charge in [0.05, 0.1) is 13.7 Å². The molecule has 0 atom stereocenters. The lowest BCUT2D eigenvalue weighted by atomic mass is 10.1. The average Bonchev–Trinajstić information content (AvgIpc) is 2.64. The zero-order valence-corrected chi connectivity index (χ0v) is 15.3. The SMILES string of the molecule is CCCOc1c(CNc2cccc3ccccc23)cc(Cl)cc1OC. The molecule has 0 aliphatic heterocycles. The Bertz CT molecular complexity index is 858. The number of methoxy groups -OCH3 is 1. The molecule has 0 spiro atoms. The van der Waals surface area contributed by atoms with E-state index >= 15 is 0 Å². The van der Waals surface area contributed by atoms with Crippen LogP contribution in [0.3, 0.4) is 0 Å². The Balaban J connectivity index is 1.90. The molecule has 0 unspecified atom stereocenters. The van der Waals surface area contributed by atoms with Crippen molar-refractivity contribution in [1.82, 2.24) is 0 Å². The van der Waals surface area contributed by atoms with Crippen LogP contribution in [-0.4, -0.2) is 13.7 Å². The highest BCUT2D eigenvalue weighted by molar-refractivity contribution is 6.30. The highest BCUT2D eigenvalue weighted by atomic mass is 35.5. The fourth-order valence-electron chi connectivity index (χ4n) is 2.84. The summed E-state index contributed by atoms with van der Waals surface area (Å²) in [5.74, 6) is 1.41. The van der Waals surface area contributed by atoms with Crippen LogP contribution in [0.5, 0.6) is 11.5 Å². The summed E-state index contributed by atoms with van der Waals surface area (Å²) in [7, 11) is 1.63. The molecule has 0 saturated carbocycles. The van der Waals surface area contributed by atoms with E-state index in [0.717, 1.165) is 23.4 Å². The lowest BCUT2D eigenvalue weighted by molar-refractivity contribution is 0.291. The number of rotatable bonds is 7. The van der Waals surface area contributed by atoms with Crippen molar-refractivity contribution in [3.05, 3.63) is 65.2 Å². The molecule has 0 heterocycles. The maximum atomic E-state index is 6.25. The van der Waals surface area contributed by atoms with Gasteiger partial charge in [0.15, 0.2) is 11.5 Å². The number of halogens is 1. The first kappa shape index (κ1) is 17.4. The summed E-state index contributed by atoms with van der Waals surface area (Å²) in [6, 6.07) is 18.3. The van der Waals surface area contributed by atoms with E-state index in [4.69, 9.17) is 21.1 Å². The third kappa shape index (κ3) is 3.99. The minimum Gasteiger partial charge on any atom is -0.493 e. The molecule has 3 rings (SSSR count). The fraction of sp³-hybridized carbons (Fsp3) is 0.238. The van der Waals surface area contributed by atoms with Crippen LogP contribution in [0.4, 0.5) is 5.69 Å². The Kier molecular flexibility index (Phi) is 5.67. The fourth-order valence-corrected chi connectivity index (χ4v) is 3.07. The quantitative estimate of drug-likeness (QED) is 0.572. The molecule has 0 bridgehead atoms. The number of fused-ring (bicyclic) bond motifs is 1. The van der Waals surface area contributed by atoms with Gasteiger partial charge in [-0.05, 0) is 23.9 Å². The number of benzene rings is 3. The summed E-state index contributed by atoms with van der Waals surface area (Å²) in [4.78, 5) is 0. The van der Waals surface area contributed by atoms with Gasteiger partial charge in [0.1, 0.15) is 0 Å². The molecular weight excluding hydrogens is 334 g/mol. The largest absolute Gasteiger partial charge is 0.493 e. The maximum absolute atomic E-state index is 6.25. The Morgan fingerprint density at radius 1 is 1.04 bits per heavy atom. The summed E-state index contributed by atoms with van der Waals surface area (Å²) in [6.45, 7) is 3.32. The lowest BCUT2D eigenvalue weighted by Gasteiger charge is -2.17. The van der Waals surface area contributed by atoms with Crippen LogP contribution in [0.1, 0.15) is 18.9 Å². The van der Waals surface area contributed by atoms with Gasteiger partial charge >= 0.3 is 0 Å². The molecule has 25 heavy (non-hydrogen) atoms. The molecular formula is C21H22ClNO2. The van der Waals surface area contributed by atoms with E-state index in [9.17, 15) is 0 Å². The number of ether oxygens (including phenoxy) is 2. The third-order valence-corrected chi connectivity index (χ3v) is 4.24. The summed E-state index contributed by atoms with van der Waals surface area (Å²) in [5, 5.41) is 6.54. The second-order valence-electron chi connectivity index (χ2n) is 5.83. The van der Waals surface area contributed by atoms with Gasteiger partial charge < -0.3 is 14.8 Å². The molecule has 0 saturated heterocycles. The summed E-state index contributed by atoms with van der Waals surface area (Å²) < 4.78 is 11.4. The minimum absolute atomic E-state index is 0.601. The first-order valence-corrected chi connectivity index (χ1v) is 8.81. The molecule has 4 heteroatoms. The molecule has 3 aromatic carbocycles. The van der Waals surface area contributed by atoms with Crippen molar-refractivity contribution in [2.45, 2.75) is 19.9 Å². The van der Waals surface area contributed by atoms with Gasteiger partial charge in [0, 0.05) is 34.3 Å². The van der Waals surface area contributed by atoms with Crippen LogP contribution in [0, 0.1) is 0 Å². The van der Waals surface area contributed by atoms with Gasteiger partial charge in [-0.15, -0.1) is 0 Å². The summed E-state index contributed by atoms with van der Waals surface area (Å²) in [6.07, 6.45) is 0.933. The van der Waals surface area contributed by atoms with Gasteiger partial charge in [-0.2, -0.15) is 0 Å². The first-order valence-electron chi connectivity index (χ1n) is 8.43. The molecule has 0 fully saturated rings. The van der Waals surface area contributed by atoms with E-state index in [1.807, 2.05) is 18.2 Å². The van der Waals surface area contributed by atoms with Crippen LogP contribution in [0.25, 0.3) is 10.8 Å². The van der Waals surface area contributed by atoms with Crippen molar-refractivity contribution < 1.29 is 9.47 Å². The van der Waals surface area contributed by atoms with Crippen molar-refractivity contribution in [3.8, 4) is 11.5 Å². The number of hydrogen-bond donors (Lipinski definition) is 1. The van der Waals surface area contributed by atoms with E-state index < -0.39 is 0 Å². The van der Waals surface area contributed by atoms with E-state index in [1.54, 1.807) is 13.2 Å². The van der Waals surface area contributed by atoms with Gasteiger partial charge in [-0.3, -0.25) is 0 Å². The highest BCUT2D eigenvalue weighted by Gasteiger charge is 2.13. The third-order valence-electron chi connectivity index (χ3n) is 4.03. The minimum atomic E-state index is 0.601. The smallest absolute Gasteiger partial charge is 0.166 e. The van der Waals surface area contributed by atoms with E-state index in [0.29, 0.717) is 23.9 Å². The van der Waals surface area contributed by atoms with E-state index in [-0.39, 0.29) is 0 Å². The van der Waals surface area contributed by atoms with Crippen molar-refractivity contribution >= 4 is 28.1 Å². The average molecular weight is 356 g/mol. The molecule has 0 amide bonds. The van der Waals surface area contributed by atoms with Crippen LogP contribution < -0.4 is 14.8 Å². The van der Waals surface area contributed by atoms with E-state index in [2.05, 4.69) is 42.6 Å². The maximum Gasteiger partial charge on any atom is 0.166 e. The van der Waals surface area contributed by atoms with Gasteiger partial charge in [-0.25, -0.2) is 0 Å². The lowest BCUT2D eigenvalue weighted by Crippen LogP contribution is -2.06. The molecule has 0 aromatic heterocycles. The van der Waals surface area contributed by atoms with E-state index in [1.165, 1.54) is 10.8 Å². The molecule has 0 aliphatic carbocycles. The van der Waals surface area contributed by atoms with Crippen molar-refractivity contribution in [2.75, 3.05) is 19.0 Å². The topological polar surface area (TPSA) is 30.5 Å². The molecule has 1 N–H and O–H groups in total. The Hall–Kier alpha value is -2.39. The molecule has 0 aliphatic rings. The van der Waals surface area contributed by atoms with Crippen LogP contribution in [0.2, 0.25) is 5.02 Å². The van der Waals surface area contributed by atoms with Gasteiger partial charge in [-0.1, -0.05) is 54.9 Å². The van der Waals surface area contributed by atoms with Crippen molar-refractivity contribution in [3.63, 3.8) is 0 Å². The Morgan fingerprint density at radius 2 is 1.84 bits per heavy atom. The van der Waals surface area contributed by atoms with Gasteiger partial charge in [0.2, 0.25) is 0 Å². The number of anilines is 1. The standard InChI is InChI=1S/C21H22ClNO2/c1-3-11-25-21-16(12-17(22)13-20(21)24-2)14-23-19-10-6-8-15-7-4-5-9-18(15)19/h4-10,12-13,23H,3,11,14H2,1-2H3. The second-order valence-corrected chi connectivity index (χ2v) is 6.26. The zero-order valence-electron chi connectivity index (χ0n) is 14.5. The predicted octanol–water partition coefficient (Wildman–Crippen LogP) is 5.90. The van der Waals surface area contributed by atoms with Crippen LogP contribution in [0.15, 0.2) is 54.6 Å². The number of hydrogen-bond acceptors (Lipinski definition) is 3.